The molecule has 4 rings (SSSR count). The first-order valence-corrected chi connectivity index (χ1v) is 12.7. The lowest BCUT2D eigenvalue weighted by Crippen LogP contribution is -2.54. The van der Waals surface area contributed by atoms with Crippen LogP contribution < -0.4 is 14.9 Å². The Kier molecular flexibility index (Phi) is 6.35. The van der Waals surface area contributed by atoms with Gasteiger partial charge < -0.3 is 10.6 Å². The van der Waals surface area contributed by atoms with Gasteiger partial charge >= 0.3 is 6.03 Å². The van der Waals surface area contributed by atoms with Crippen molar-refractivity contribution < 1.29 is 22.8 Å². The fourth-order valence-electron chi connectivity index (χ4n) is 4.65. The second-order valence-electron chi connectivity index (χ2n) is 8.82. The zero-order valence-corrected chi connectivity index (χ0v) is 20.0. The van der Waals surface area contributed by atoms with Crippen LogP contribution in [0, 0.1) is 5.92 Å². The summed E-state index contributed by atoms with van der Waals surface area (Å²) in [6, 6.07) is 13.9. The van der Waals surface area contributed by atoms with E-state index in [2.05, 4.69) is 10.6 Å². The van der Waals surface area contributed by atoms with E-state index >= 15 is 0 Å². The van der Waals surface area contributed by atoms with Crippen LogP contribution in [-0.4, -0.2) is 50.3 Å². The first kappa shape index (κ1) is 23.7. The zero-order chi connectivity index (χ0) is 24.5. The largest absolute Gasteiger partial charge is 0.325 e. The van der Waals surface area contributed by atoms with E-state index in [0.29, 0.717) is 12.1 Å². The molecule has 1 heterocycles. The Hall–Kier alpha value is -3.40. The van der Waals surface area contributed by atoms with Crippen molar-refractivity contribution in [2.45, 2.75) is 43.0 Å². The smallest absolute Gasteiger partial charge is 0.324 e. The molecule has 10 heteroatoms. The van der Waals surface area contributed by atoms with Crippen LogP contribution in [0.1, 0.15) is 32.6 Å². The van der Waals surface area contributed by atoms with E-state index in [1.807, 2.05) is 6.92 Å². The second kappa shape index (κ2) is 9.09. The maximum absolute atomic E-state index is 13.1. The monoisotopic (exact) mass is 484 g/mol. The number of imide groups is 1. The Morgan fingerprint density at radius 1 is 1.15 bits per heavy atom. The lowest BCUT2D eigenvalue weighted by molar-refractivity contribution is -0.136. The molecule has 2 fully saturated rings. The van der Waals surface area contributed by atoms with Crippen LogP contribution >= 0.6 is 0 Å². The number of rotatable bonds is 6. The zero-order valence-electron chi connectivity index (χ0n) is 19.2. The van der Waals surface area contributed by atoms with E-state index in [4.69, 9.17) is 0 Å². The second-order valence-corrected chi connectivity index (χ2v) is 10.8. The van der Waals surface area contributed by atoms with Gasteiger partial charge in [0.1, 0.15) is 12.1 Å². The van der Waals surface area contributed by atoms with Crippen LogP contribution in [0.15, 0.2) is 59.5 Å². The number of nitrogens with zero attached hydrogens (tertiary/aromatic N) is 2. The lowest BCUT2D eigenvalue weighted by Gasteiger charge is -2.36. The highest BCUT2D eigenvalue weighted by molar-refractivity contribution is 7.92. The summed E-state index contributed by atoms with van der Waals surface area (Å²) in [5.41, 5.74) is -0.187. The van der Waals surface area contributed by atoms with Crippen molar-refractivity contribution in [3.63, 3.8) is 0 Å². The average Bonchev–Trinajstić information content (AvgIpc) is 3.06. The molecule has 2 N–H and O–H groups in total. The molecule has 2 aliphatic rings. The molecule has 0 unspecified atom stereocenters. The maximum Gasteiger partial charge on any atom is 0.325 e. The Bertz CT molecular complexity index is 1220. The number of sulfonamides is 1. The molecule has 1 aliphatic heterocycles. The molecule has 180 valence electrons. The standard InChI is InChI=1S/C24H28N4O5S/c1-17-9-6-7-14-24(17)22(30)28(23(31)26-24)16-21(29)25-18-10-8-13-20(15-18)34(32,33)27(2)19-11-4-3-5-12-19/h3-5,8,10-13,15,17H,6-7,9,14,16H2,1-2H3,(H,25,29)(H,26,31)/t17-,24-/m1/s1. The number of hydrogen-bond acceptors (Lipinski definition) is 5. The molecule has 2 aromatic rings. The Morgan fingerprint density at radius 2 is 1.88 bits per heavy atom. The van der Waals surface area contributed by atoms with Gasteiger partial charge in [0.2, 0.25) is 5.91 Å². The normalized spacial score (nSPS) is 22.5. The van der Waals surface area contributed by atoms with Gasteiger partial charge in [-0.3, -0.25) is 18.8 Å². The number of benzene rings is 2. The SMILES string of the molecule is C[C@@H]1CCCC[C@@]12NC(=O)N(CC(=O)Nc1cccc(S(=O)(=O)N(C)c3ccccc3)c1)C2=O. The number of nitrogens with one attached hydrogen (secondary N) is 2. The molecule has 4 amide bonds. The maximum atomic E-state index is 13.1. The van der Waals surface area contributed by atoms with E-state index in [1.54, 1.807) is 36.4 Å². The van der Waals surface area contributed by atoms with Gasteiger partial charge in [-0.15, -0.1) is 0 Å². The van der Waals surface area contributed by atoms with Gasteiger partial charge in [0.25, 0.3) is 15.9 Å². The summed E-state index contributed by atoms with van der Waals surface area (Å²) < 4.78 is 27.2. The summed E-state index contributed by atoms with van der Waals surface area (Å²) in [5.74, 6) is -0.968. The third-order valence-electron chi connectivity index (χ3n) is 6.70. The topological polar surface area (TPSA) is 116 Å². The number of anilines is 2. The number of urea groups is 1. The van der Waals surface area contributed by atoms with E-state index in [1.165, 1.54) is 25.2 Å². The molecule has 0 aromatic heterocycles. The highest BCUT2D eigenvalue weighted by Gasteiger charge is 2.55. The molecule has 0 bridgehead atoms. The first-order chi connectivity index (χ1) is 16.1. The van der Waals surface area contributed by atoms with Crippen LogP contribution in [0.5, 0.6) is 0 Å². The van der Waals surface area contributed by atoms with Crippen LogP contribution in [0.3, 0.4) is 0 Å². The minimum atomic E-state index is -3.86. The highest BCUT2D eigenvalue weighted by Crippen LogP contribution is 2.38. The van der Waals surface area contributed by atoms with Crippen molar-refractivity contribution in [2.75, 3.05) is 23.2 Å². The fourth-order valence-corrected chi connectivity index (χ4v) is 5.89. The predicted molar refractivity (Wildman–Crippen MR) is 128 cm³/mol. The first-order valence-electron chi connectivity index (χ1n) is 11.2. The molecule has 1 aliphatic carbocycles. The number of carbonyl (C=O) groups is 3. The third kappa shape index (κ3) is 4.25. The summed E-state index contributed by atoms with van der Waals surface area (Å²) in [6.45, 7) is 1.50. The van der Waals surface area contributed by atoms with E-state index in [-0.39, 0.29) is 22.4 Å². The van der Waals surface area contributed by atoms with E-state index in [9.17, 15) is 22.8 Å². The van der Waals surface area contributed by atoms with Crippen molar-refractivity contribution in [3.8, 4) is 0 Å². The van der Waals surface area contributed by atoms with Crippen molar-refractivity contribution in [1.82, 2.24) is 10.2 Å². The van der Waals surface area contributed by atoms with Crippen LogP contribution in [0.4, 0.5) is 16.2 Å². The van der Waals surface area contributed by atoms with Gasteiger partial charge in [-0.1, -0.05) is 44.0 Å². The van der Waals surface area contributed by atoms with Gasteiger partial charge in [-0.05, 0) is 49.1 Å². The van der Waals surface area contributed by atoms with Crippen molar-refractivity contribution in [3.05, 3.63) is 54.6 Å². The minimum absolute atomic E-state index is 0.00151. The van der Waals surface area contributed by atoms with E-state index < -0.39 is 34.0 Å². The lowest BCUT2D eigenvalue weighted by atomic mass is 9.73. The molecule has 34 heavy (non-hydrogen) atoms. The van der Waals surface area contributed by atoms with Crippen molar-refractivity contribution in [2.24, 2.45) is 5.92 Å². The van der Waals surface area contributed by atoms with Gasteiger partial charge in [0, 0.05) is 12.7 Å². The summed E-state index contributed by atoms with van der Waals surface area (Å²) >= 11 is 0. The molecular weight excluding hydrogens is 456 g/mol. The Balaban J connectivity index is 1.47. The molecule has 2 aromatic carbocycles. The number of hydrogen-bond donors (Lipinski definition) is 2. The predicted octanol–water partition coefficient (Wildman–Crippen LogP) is 2.95. The molecule has 0 radical (unpaired) electrons. The molecule has 1 spiro atoms. The average molecular weight is 485 g/mol. The van der Waals surface area contributed by atoms with Crippen LogP contribution in [0.2, 0.25) is 0 Å². The third-order valence-corrected chi connectivity index (χ3v) is 8.48. The number of para-hydroxylation sites is 1. The number of amides is 4. The van der Waals surface area contributed by atoms with Crippen LogP contribution in [-0.2, 0) is 19.6 Å². The molecule has 2 atom stereocenters. The number of carbonyl (C=O) groups excluding carboxylic acids is 3. The van der Waals surface area contributed by atoms with E-state index in [0.717, 1.165) is 28.5 Å². The minimum Gasteiger partial charge on any atom is -0.324 e. The van der Waals surface area contributed by atoms with Gasteiger partial charge in [-0.25, -0.2) is 13.2 Å². The van der Waals surface area contributed by atoms with Gasteiger partial charge in [0.15, 0.2) is 0 Å². The highest BCUT2D eigenvalue weighted by atomic mass is 32.2. The summed E-state index contributed by atoms with van der Waals surface area (Å²) in [5, 5.41) is 5.43. The summed E-state index contributed by atoms with van der Waals surface area (Å²) in [6.07, 6.45) is 3.25. The molecular formula is C24H28N4O5S. The summed E-state index contributed by atoms with van der Waals surface area (Å²) in [4.78, 5) is 39.2. The fraction of sp³-hybridized carbons (Fsp3) is 0.375. The Labute approximate surface area is 199 Å². The van der Waals surface area contributed by atoms with Crippen LogP contribution in [0.25, 0.3) is 0 Å². The van der Waals surface area contributed by atoms with Gasteiger partial charge in [-0.2, -0.15) is 0 Å². The van der Waals surface area contributed by atoms with Crippen molar-refractivity contribution >= 4 is 39.2 Å². The molecule has 9 nitrogen and oxygen atoms in total. The summed E-state index contributed by atoms with van der Waals surface area (Å²) in [7, 11) is -2.41. The molecule has 1 saturated heterocycles. The van der Waals surface area contributed by atoms with Gasteiger partial charge in [0.05, 0.1) is 10.6 Å². The van der Waals surface area contributed by atoms with Crippen molar-refractivity contribution in [1.29, 1.82) is 0 Å². The Morgan fingerprint density at radius 3 is 2.59 bits per heavy atom. The quantitative estimate of drug-likeness (QED) is 0.612. The molecule has 1 saturated carbocycles.